The van der Waals surface area contributed by atoms with Crippen LogP contribution in [-0.2, 0) is 18.1 Å². The standard InChI is InChI=1S/C8H18N2O6Si/c1-14-17(15-2,16-3)6-4-5-9-8(11)7-10(12)13/h4-7H2,1-3H3,(H,9,11). The second kappa shape index (κ2) is 8.12. The minimum absolute atomic E-state index is 0.331. The van der Waals surface area contributed by atoms with E-state index < -0.39 is 26.2 Å². The number of amides is 1. The molecule has 0 spiro atoms. The van der Waals surface area contributed by atoms with Gasteiger partial charge in [-0.25, -0.2) is 0 Å². The molecule has 0 aromatic heterocycles. The number of nitrogens with zero attached hydrogens (tertiary/aromatic N) is 1. The first-order valence-electron chi connectivity index (χ1n) is 5.03. The average Bonchev–Trinajstić information content (AvgIpc) is 2.29. The molecular weight excluding hydrogens is 248 g/mol. The van der Waals surface area contributed by atoms with Crippen LogP contribution < -0.4 is 5.32 Å². The van der Waals surface area contributed by atoms with E-state index in [2.05, 4.69) is 5.32 Å². The molecule has 1 amide bonds. The zero-order chi connectivity index (χ0) is 13.3. The van der Waals surface area contributed by atoms with E-state index in [4.69, 9.17) is 13.3 Å². The van der Waals surface area contributed by atoms with Crippen LogP contribution in [0.3, 0.4) is 0 Å². The number of hydrogen-bond donors (Lipinski definition) is 1. The molecule has 9 heteroatoms. The quantitative estimate of drug-likeness (QED) is 0.265. The predicted octanol–water partition coefficient (Wildman–Crippen LogP) is -0.352. The number of hydrogen-bond acceptors (Lipinski definition) is 6. The van der Waals surface area contributed by atoms with Crippen LogP contribution in [0.5, 0.6) is 0 Å². The lowest BCUT2D eigenvalue weighted by molar-refractivity contribution is -0.467. The van der Waals surface area contributed by atoms with Crippen LogP contribution >= 0.6 is 0 Å². The van der Waals surface area contributed by atoms with Gasteiger partial charge in [0.25, 0.3) is 12.5 Å². The summed E-state index contributed by atoms with van der Waals surface area (Å²) in [6, 6.07) is 0.537. The van der Waals surface area contributed by atoms with Gasteiger partial charge in [0.1, 0.15) is 0 Å². The van der Waals surface area contributed by atoms with Gasteiger partial charge in [-0.2, -0.15) is 0 Å². The Balaban J connectivity index is 3.83. The molecule has 0 aliphatic carbocycles. The SMILES string of the molecule is CO[Si](CCCNC(=O)C[N+](=O)[O-])(OC)OC. The molecule has 0 aliphatic rings. The van der Waals surface area contributed by atoms with E-state index in [-0.39, 0.29) is 0 Å². The van der Waals surface area contributed by atoms with Gasteiger partial charge in [0, 0.05) is 38.8 Å². The fraction of sp³-hybridized carbons (Fsp3) is 0.875. The summed E-state index contributed by atoms with van der Waals surface area (Å²) in [5.41, 5.74) is 0. The number of carbonyl (C=O) groups excluding carboxylic acids is 1. The van der Waals surface area contributed by atoms with Crippen molar-refractivity contribution in [2.24, 2.45) is 0 Å². The Kier molecular flexibility index (Phi) is 7.62. The summed E-state index contributed by atoms with van der Waals surface area (Å²) in [4.78, 5) is 20.3. The minimum atomic E-state index is -2.61. The van der Waals surface area contributed by atoms with E-state index in [0.29, 0.717) is 19.0 Å². The maximum absolute atomic E-state index is 11.0. The van der Waals surface area contributed by atoms with Gasteiger partial charge in [-0.3, -0.25) is 14.9 Å². The van der Waals surface area contributed by atoms with E-state index in [1.807, 2.05) is 0 Å². The molecule has 1 N–H and O–H groups in total. The Morgan fingerprint density at radius 1 is 1.29 bits per heavy atom. The van der Waals surface area contributed by atoms with Crippen molar-refractivity contribution in [2.45, 2.75) is 12.5 Å². The minimum Gasteiger partial charge on any atom is -0.377 e. The molecule has 0 fully saturated rings. The smallest absolute Gasteiger partial charge is 0.377 e. The van der Waals surface area contributed by atoms with Crippen molar-refractivity contribution in [1.29, 1.82) is 0 Å². The predicted molar refractivity (Wildman–Crippen MR) is 61.1 cm³/mol. The monoisotopic (exact) mass is 266 g/mol. The molecule has 100 valence electrons. The zero-order valence-electron chi connectivity index (χ0n) is 10.2. The topological polar surface area (TPSA) is 99.9 Å². The summed E-state index contributed by atoms with van der Waals surface area (Å²) < 4.78 is 15.5. The Labute approximate surface area is 101 Å². The van der Waals surface area contributed by atoms with Crippen molar-refractivity contribution in [1.82, 2.24) is 5.32 Å². The van der Waals surface area contributed by atoms with Gasteiger partial charge in [-0.1, -0.05) is 0 Å². The second-order valence-electron chi connectivity index (χ2n) is 3.24. The third-order valence-corrected chi connectivity index (χ3v) is 5.02. The number of nitro groups is 1. The summed E-state index contributed by atoms with van der Waals surface area (Å²) in [5, 5.41) is 12.5. The molecule has 0 saturated heterocycles. The molecule has 0 aliphatic heterocycles. The van der Waals surface area contributed by atoms with Crippen LogP contribution in [0.25, 0.3) is 0 Å². The molecule has 8 nitrogen and oxygen atoms in total. The normalized spacial score (nSPS) is 11.2. The molecule has 17 heavy (non-hydrogen) atoms. The molecular formula is C8H18N2O6Si. The van der Waals surface area contributed by atoms with Crippen LogP contribution in [0.15, 0.2) is 0 Å². The maximum atomic E-state index is 11.0. The lowest BCUT2D eigenvalue weighted by Gasteiger charge is -2.24. The molecule has 0 heterocycles. The summed E-state index contributed by atoms with van der Waals surface area (Å²) >= 11 is 0. The third-order valence-electron chi connectivity index (χ3n) is 2.19. The fourth-order valence-corrected chi connectivity index (χ4v) is 2.98. The summed E-state index contributed by atoms with van der Waals surface area (Å²) in [6.45, 7) is -0.376. The van der Waals surface area contributed by atoms with E-state index in [1.54, 1.807) is 0 Å². The van der Waals surface area contributed by atoms with E-state index in [0.717, 1.165) is 0 Å². The van der Waals surface area contributed by atoms with Gasteiger partial charge in [-0.05, 0) is 6.42 Å². The number of carbonyl (C=O) groups is 1. The van der Waals surface area contributed by atoms with Crippen molar-refractivity contribution >= 4 is 14.7 Å². The highest BCUT2D eigenvalue weighted by Gasteiger charge is 2.36. The van der Waals surface area contributed by atoms with Crippen LogP contribution in [0, 0.1) is 10.1 Å². The molecule has 0 unspecified atom stereocenters. The highest BCUT2D eigenvalue weighted by Crippen LogP contribution is 2.14. The van der Waals surface area contributed by atoms with Gasteiger partial charge in [0.05, 0.1) is 0 Å². The van der Waals surface area contributed by atoms with E-state index in [1.165, 1.54) is 21.3 Å². The van der Waals surface area contributed by atoms with Crippen LogP contribution in [0.4, 0.5) is 0 Å². The molecule has 0 aromatic rings. The number of rotatable bonds is 9. The zero-order valence-corrected chi connectivity index (χ0v) is 11.2. The Bertz CT molecular complexity index is 250. The first-order valence-corrected chi connectivity index (χ1v) is 6.97. The largest absolute Gasteiger partial charge is 0.500 e. The van der Waals surface area contributed by atoms with Crippen LogP contribution in [0.1, 0.15) is 6.42 Å². The van der Waals surface area contributed by atoms with Gasteiger partial charge in [0.15, 0.2) is 0 Å². The summed E-state index contributed by atoms with van der Waals surface area (Å²) in [7, 11) is 1.91. The Hall–Kier alpha value is -1.03. The van der Waals surface area contributed by atoms with Crippen LogP contribution in [0.2, 0.25) is 6.04 Å². The molecule has 0 aromatic carbocycles. The molecule has 0 saturated carbocycles. The lowest BCUT2D eigenvalue weighted by atomic mass is 10.4. The summed E-state index contributed by atoms with van der Waals surface area (Å²) in [5.74, 6) is -0.602. The number of nitrogens with one attached hydrogen (secondary N) is 1. The third kappa shape index (κ3) is 6.31. The van der Waals surface area contributed by atoms with Crippen molar-refractivity contribution in [2.75, 3.05) is 34.4 Å². The fourth-order valence-electron chi connectivity index (χ4n) is 1.26. The molecule has 0 bridgehead atoms. The maximum Gasteiger partial charge on any atom is 0.500 e. The van der Waals surface area contributed by atoms with Gasteiger partial charge in [-0.15, -0.1) is 0 Å². The van der Waals surface area contributed by atoms with Crippen molar-refractivity contribution in [3.63, 3.8) is 0 Å². The van der Waals surface area contributed by atoms with Gasteiger partial charge < -0.3 is 18.6 Å². The summed E-state index contributed by atoms with van der Waals surface area (Å²) in [6.07, 6.45) is 0.575. The molecule has 0 radical (unpaired) electrons. The Morgan fingerprint density at radius 3 is 2.24 bits per heavy atom. The highest BCUT2D eigenvalue weighted by molar-refractivity contribution is 6.60. The highest BCUT2D eigenvalue weighted by atomic mass is 28.4. The van der Waals surface area contributed by atoms with Crippen molar-refractivity contribution < 1.29 is 23.0 Å². The molecule has 0 rings (SSSR count). The Morgan fingerprint density at radius 2 is 1.82 bits per heavy atom. The first kappa shape index (κ1) is 16.0. The van der Waals surface area contributed by atoms with E-state index in [9.17, 15) is 14.9 Å². The van der Waals surface area contributed by atoms with Crippen molar-refractivity contribution in [3.05, 3.63) is 10.1 Å². The first-order chi connectivity index (χ1) is 7.99. The second-order valence-corrected chi connectivity index (χ2v) is 6.33. The van der Waals surface area contributed by atoms with Crippen molar-refractivity contribution in [3.8, 4) is 0 Å². The van der Waals surface area contributed by atoms with E-state index >= 15 is 0 Å². The van der Waals surface area contributed by atoms with Gasteiger partial charge in [0.2, 0.25) is 0 Å². The molecule has 0 atom stereocenters. The average molecular weight is 266 g/mol. The lowest BCUT2D eigenvalue weighted by Crippen LogP contribution is -2.43. The van der Waals surface area contributed by atoms with Gasteiger partial charge >= 0.3 is 8.80 Å². The van der Waals surface area contributed by atoms with Crippen LogP contribution in [-0.4, -0.2) is 54.1 Å².